The van der Waals surface area contributed by atoms with Crippen molar-refractivity contribution in [3.05, 3.63) is 28.9 Å². The van der Waals surface area contributed by atoms with Gasteiger partial charge in [-0.1, -0.05) is 0 Å². The van der Waals surface area contributed by atoms with Gasteiger partial charge in [-0.3, -0.25) is 4.79 Å². The summed E-state index contributed by atoms with van der Waals surface area (Å²) in [6.45, 7) is 0.696. The lowest BCUT2D eigenvalue weighted by Crippen LogP contribution is -2.30. The monoisotopic (exact) mass is 324 g/mol. The number of carbonyl (C=O) groups excluding carboxylic acids is 1. The van der Waals surface area contributed by atoms with Gasteiger partial charge in [0.2, 0.25) is 0 Å². The number of halogens is 1. The van der Waals surface area contributed by atoms with Crippen LogP contribution in [-0.4, -0.2) is 24.0 Å². The third kappa shape index (κ3) is 3.16. The number of hydrogen-bond donors (Lipinski definition) is 2. The van der Waals surface area contributed by atoms with Crippen LogP contribution < -0.4 is 11.1 Å². The van der Waals surface area contributed by atoms with Crippen molar-refractivity contribution in [3.8, 4) is 0 Å². The minimum absolute atomic E-state index is 0.146. The topological polar surface area (TPSA) is 55.1 Å². The second-order valence-electron chi connectivity index (χ2n) is 5.25. The van der Waals surface area contributed by atoms with Gasteiger partial charge in [0, 0.05) is 16.6 Å². The molecule has 21 heavy (non-hydrogen) atoms. The number of carbonyl (C=O) groups is 1. The van der Waals surface area contributed by atoms with E-state index in [9.17, 15) is 9.18 Å². The summed E-state index contributed by atoms with van der Waals surface area (Å²) in [5.74, 6) is 2.42. The molecule has 0 saturated carbocycles. The van der Waals surface area contributed by atoms with Crippen LogP contribution in [0.2, 0.25) is 0 Å². The van der Waals surface area contributed by atoms with Crippen LogP contribution in [-0.2, 0) is 0 Å². The minimum atomic E-state index is -0.335. The lowest BCUT2D eigenvalue weighted by molar-refractivity contribution is 0.0951. The van der Waals surface area contributed by atoms with Crippen molar-refractivity contribution in [2.45, 2.75) is 12.8 Å². The zero-order valence-electron chi connectivity index (χ0n) is 11.5. The standard InChI is InChI=1S/C15H17FN2OS2/c16-10-1-2-12-11(7-10)13(17)14(21-12)15(19)18-8-9-3-5-20-6-4-9/h1-2,7,9H,3-6,8,17H2,(H,18,19). The number of thioether (sulfide) groups is 1. The third-order valence-corrected chi connectivity index (χ3v) is 6.02. The van der Waals surface area contributed by atoms with Crippen LogP contribution >= 0.6 is 23.1 Å². The van der Waals surface area contributed by atoms with Gasteiger partial charge in [0.1, 0.15) is 10.7 Å². The van der Waals surface area contributed by atoms with Gasteiger partial charge in [0.25, 0.3) is 5.91 Å². The molecule has 112 valence electrons. The molecular weight excluding hydrogens is 307 g/mol. The number of thiophene rings is 1. The molecule has 3 rings (SSSR count). The number of benzene rings is 1. The van der Waals surface area contributed by atoms with E-state index in [1.807, 2.05) is 11.8 Å². The number of nitrogens with two attached hydrogens (primary N) is 1. The van der Waals surface area contributed by atoms with Crippen molar-refractivity contribution in [2.75, 3.05) is 23.8 Å². The van der Waals surface area contributed by atoms with Crippen LogP contribution in [0.25, 0.3) is 10.1 Å². The molecule has 3 nitrogen and oxygen atoms in total. The van der Waals surface area contributed by atoms with Crippen LogP contribution in [0, 0.1) is 11.7 Å². The van der Waals surface area contributed by atoms with Gasteiger partial charge in [-0.2, -0.15) is 11.8 Å². The Morgan fingerprint density at radius 1 is 1.38 bits per heavy atom. The zero-order chi connectivity index (χ0) is 14.8. The largest absolute Gasteiger partial charge is 0.397 e. The summed E-state index contributed by atoms with van der Waals surface area (Å²) in [5.41, 5.74) is 6.38. The normalized spacial score (nSPS) is 16.2. The Bertz CT molecular complexity index is 665. The Morgan fingerprint density at radius 2 is 2.14 bits per heavy atom. The molecule has 1 aromatic heterocycles. The molecule has 2 aromatic rings. The lowest BCUT2D eigenvalue weighted by Gasteiger charge is -2.21. The Hall–Kier alpha value is -1.27. The van der Waals surface area contributed by atoms with E-state index in [0.717, 1.165) is 17.5 Å². The van der Waals surface area contributed by atoms with E-state index in [1.54, 1.807) is 6.07 Å². The van der Waals surface area contributed by atoms with Gasteiger partial charge < -0.3 is 11.1 Å². The summed E-state index contributed by atoms with van der Waals surface area (Å²) in [7, 11) is 0. The van der Waals surface area contributed by atoms with Crippen molar-refractivity contribution in [3.63, 3.8) is 0 Å². The second kappa shape index (κ2) is 6.23. The molecule has 3 N–H and O–H groups in total. The highest BCUT2D eigenvalue weighted by Crippen LogP contribution is 2.34. The van der Waals surface area contributed by atoms with Crippen molar-refractivity contribution < 1.29 is 9.18 Å². The lowest BCUT2D eigenvalue weighted by atomic mass is 10.0. The molecule has 0 radical (unpaired) electrons. The number of nitrogen functional groups attached to an aromatic ring is 1. The molecule has 1 aliphatic rings. The fraction of sp³-hybridized carbons (Fsp3) is 0.400. The van der Waals surface area contributed by atoms with Crippen molar-refractivity contribution >= 4 is 44.8 Å². The molecular formula is C15H17FN2OS2. The van der Waals surface area contributed by atoms with Crippen LogP contribution in [0.1, 0.15) is 22.5 Å². The molecule has 6 heteroatoms. The first-order valence-electron chi connectivity index (χ1n) is 6.98. The molecule has 1 amide bonds. The van der Waals surface area contributed by atoms with Crippen molar-refractivity contribution in [2.24, 2.45) is 5.92 Å². The van der Waals surface area contributed by atoms with E-state index in [2.05, 4.69) is 5.32 Å². The summed E-state index contributed by atoms with van der Waals surface area (Å²) in [5, 5.41) is 3.60. The highest BCUT2D eigenvalue weighted by molar-refractivity contribution is 7.99. The smallest absolute Gasteiger partial charge is 0.263 e. The average molecular weight is 324 g/mol. The zero-order valence-corrected chi connectivity index (χ0v) is 13.2. The maximum Gasteiger partial charge on any atom is 0.263 e. The Labute approximate surface area is 131 Å². The molecule has 0 bridgehead atoms. The molecule has 0 atom stereocenters. The van der Waals surface area contributed by atoms with Crippen molar-refractivity contribution in [1.29, 1.82) is 0 Å². The molecule has 1 aliphatic heterocycles. The van der Waals surface area contributed by atoms with Gasteiger partial charge in [0.05, 0.1) is 5.69 Å². The number of rotatable bonds is 3. The predicted octanol–water partition coefficient (Wildman–Crippen LogP) is 3.50. The van der Waals surface area contributed by atoms with Crippen LogP contribution in [0.5, 0.6) is 0 Å². The molecule has 1 fully saturated rings. The van der Waals surface area contributed by atoms with Crippen LogP contribution in [0.15, 0.2) is 18.2 Å². The van der Waals surface area contributed by atoms with E-state index in [1.165, 1.54) is 35.0 Å². The van der Waals surface area contributed by atoms with E-state index < -0.39 is 0 Å². The third-order valence-electron chi connectivity index (χ3n) is 3.79. The first kappa shape index (κ1) is 14.7. The Balaban J connectivity index is 1.73. The summed E-state index contributed by atoms with van der Waals surface area (Å²) in [4.78, 5) is 12.8. The fourth-order valence-corrected chi connectivity index (χ4v) is 4.75. The molecule has 0 unspecified atom stereocenters. The SMILES string of the molecule is Nc1c(C(=O)NCC2CCSCC2)sc2ccc(F)cc12. The van der Waals surface area contributed by atoms with Crippen molar-refractivity contribution in [1.82, 2.24) is 5.32 Å². The number of nitrogens with one attached hydrogen (secondary N) is 1. The maximum atomic E-state index is 13.3. The van der Waals surface area contributed by atoms with Crippen LogP contribution in [0.3, 0.4) is 0 Å². The van der Waals surface area contributed by atoms with Crippen LogP contribution in [0.4, 0.5) is 10.1 Å². The van der Waals surface area contributed by atoms with E-state index in [-0.39, 0.29) is 11.7 Å². The molecule has 0 aliphatic carbocycles. The number of hydrogen-bond acceptors (Lipinski definition) is 4. The highest BCUT2D eigenvalue weighted by Gasteiger charge is 2.19. The predicted molar refractivity (Wildman–Crippen MR) is 88.6 cm³/mol. The average Bonchev–Trinajstić information content (AvgIpc) is 2.83. The minimum Gasteiger partial charge on any atom is -0.397 e. The molecule has 0 spiro atoms. The first-order valence-corrected chi connectivity index (χ1v) is 8.95. The highest BCUT2D eigenvalue weighted by atomic mass is 32.2. The quantitative estimate of drug-likeness (QED) is 0.908. The summed E-state index contributed by atoms with van der Waals surface area (Å²) in [6, 6.07) is 4.44. The Kier molecular flexibility index (Phi) is 4.35. The van der Waals surface area contributed by atoms with Gasteiger partial charge in [-0.15, -0.1) is 11.3 Å². The second-order valence-corrected chi connectivity index (χ2v) is 7.53. The maximum absolute atomic E-state index is 13.3. The Morgan fingerprint density at radius 3 is 2.90 bits per heavy atom. The number of amides is 1. The van der Waals surface area contributed by atoms with Gasteiger partial charge in [-0.25, -0.2) is 4.39 Å². The van der Waals surface area contributed by atoms with E-state index in [4.69, 9.17) is 5.73 Å². The van der Waals surface area contributed by atoms with Gasteiger partial charge >= 0.3 is 0 Å². The number of fused-ring (bicyclic) bond motifs is 1. The molecule has 1 aromatic carbocycles. The number of anilines is 1. The van der Waals surface area contributed by atoms with Gasteiger partial charge in [0.15, 0.2) is 0 Å². The summed E-state index contributed by atoms with van der Waals surface area (Å²) in [6.07, 6.45) is 2.30. The van der Waals surface area contributed by atoms with E-state index >= 15 is 0 Å². The molecule has 1 saturated heterocycles. The van der Waals surface area contributed by atoms with Gasteiger partial charge in [-0.05, 0) is 48.5 Å². The summed E-state index contributed by atoms with van der Waals surface area (Å²) < 4.78 is 14.1. The van der Waals surface area contributed by atoms with E-state index in [0.29, 0.717) is 28.4 Å². The first-order chi connectivity index (χ1) is 10.1. The fourth-order valence-electron chi connectivity index (χ4n) is 2.53. The summed E-state index contributed by atoms with van der Waals surface area (Å²) >= 11 is 3.29. The molecule has 2 heterocycles.